The minimum Gasteiger partial charge on any atom is -0.481 e. The lowest BCUT2D eigenvalue weighted by Crippen LogP contribution is -2.03. The van der Waals surface area contributed by atoms with Gasteiger partial charge in [-0.05, 0) is 0 Å². The summed E-state index contributed by atoms with van der Waals surface area (Å²) in [6.45, 7) is 0. The zero-order valence-corrected chi connectivity index (χ0v) is 9.69. The van der Waals surface area contributed by atoms with Crippen molar-refractivity contribution in [2.45, 2.75) is 0 Å². The molecule has 0 aliphatic heterocycles. The molecule has 0 fully saturated rings. The summed E-state index contributed by atoms with van der Waals surface area (Å²) in [5.74, 6) is -0.292. The number of hydrogen-bond acceptors (Lipinski definition) is 6. The van der Waals surface area contributed by atoms with Gasteiger partial charge in [0.15, 0.2) is 5.69 Å². The Morgan fingerprint density at radius 3 is 2.33 bits per heavy atom. The Morgan fingerprint density at radius 1 is 1.28 bits per heavy atom. The molecule has 2 rings (SSSR count). The van der Waals surface area contributed by atoms with Crippen LogP contribution in [0.5, 0.6) is 11.8 Å². The van der Waals surface area contributed by atoms with Crippen molar-refractivity contribution >= 4 is 5.97 Å². The second-order valence-corrected chi connectivity index (χ2v) is 3.22. The highest BCUT2D eigenvalue weighted by Crippen LogP contribution is 2.17. The van der Waals surface area contributed by atoms with Gasteiger partial charge < -0.3 is 14.6 Å². The summed E-state index contributed by atoms with van der Waals surface area (Å²) >= 11 is 0. The lowest BCUT2D eigenvalue weighted by molar-refractivity contribution is 0.0691. The van der Waals surface area contributed by atoms with E-state index in [1.807, 2.05) is 0 Å². The van der Waals surface area contributed by atoms with Crippen LogP contribution in [-0.2, 0) is 0 Å². The van der Waals surface area contributed by atoms with Crippen LogP contribution < -0.4 is 9.47 Å². The highest BCUT2D eigenvalue weighted by Gasteiger charge is 2.11. The molecule has 0 saturated carbocycles. The number of hydrogen-bond donors (Lipinski definition) is 1. The van der Waals surface area contributed by atoms with Crippen LogP contribution in [0.4, 0.5) is 0 Å². The summed E-state index contributed by atoms with van der Waals surface area (Å²) in [4.78, 5) is 22.5. The number of ether oxygens (including phenoxy) is 2. The fourth-order valence-corrected chi connectivity index (χ4v) is 1.26. The van der Waals surface area contributed by atoms with Gasteiger partial charge in [-0.1, -0.05) is 0 Å². The largest absolute Gasteiger partial charge is 0.481 e. The van der Waals surface area contributed by atoms with Crippen molar-refractivity contribution in [2.75, 3.05) is 14.2 Å². The third-order valence-corrected chi connectivity index (χ3v) is 2.12. The molecule has 1 N–H and O–H groups in total. The number of carboxylic acid groups (broad SMARTS) is 1. The van der Waals surface area contributed by atoms with Crippen LogP contribution in [-0.4, -0.2) is 44.8 Å². The first-order valence-electron chi connectivity index (χ1n) is 4.88. The molecule has 2 heterocycles. The van der Waals surface area contributed by atoms with Crippen LogP contribution in [0.15, 0.2) is 18.6 Å². The maximum atomic E-state index is 10.7. The second kappa shape index (κ2) is 4.70. The van der Waals surface area contributed by atoms with Gasteiger partial charge in [-0.3, -0.25) is 4.57 Å². The molecule has 0 bridgehead atoms. The van der Waals surface area contributed by atoms with Crippen molar-refractivity contribution < 1.29 is 19.4 Å². The summed E-state index contributed by atoms with van der Waals surface area (Å²) in [5.41, 5.74) is -0.0969. The van der Waals surface area contributed by atoms with E-state index in [2.05, 4.69) is 15.0 Å². The predicted octanol–water partition coefficient (Wildman–Crippen LogP) is 0.378. The van der Waals surface area contributed by atoms with E-state index in [1.165, 1.54) is 37.4 Å². The summed E-state index contributed by atoms with van der Waals surface area (Å²) in [6.07, 6.45) is 2.61. The van der Waals surface area contributed by atoms with Gasteiger partial charge in [0.05, 0.1) is 20.3 Å². The van der Waals surface area contributed by atoms with Crippen LogP contribution >= 0.6 is 0 Å². The Morgan fingerprint density at radius 2 is 1.89 bits per heavy atom. The van der Waals surface area contributed by atoms with E-state index in [0.29, 0.717) is 11.8 Å². The van der Waals surface area contributed by atoms with Crippen LogP contribution in [0.2, 0.25) is 0 Å². The lowest BCUT2D eigenvalue weighted by Gasteiger charge is -2.05. The molecule has 0 saturated heterocycles. The average molecular weight is 250 g/mol. The van der Waals surface area contributed by atoms with Crippen molar-refractivity contribution in [3.63, 3.8) is 0 Å². The van der Waals surface area contributed by atoms with Gasteiger partial charge in [-0.25, -0.2) is 9.78 Å². The predicted molar refractivity (Wildman–Crippen MR) is 59.2 cm³/mol. The smallest absolute Gasteiger partial charge is 0.356 e. The van der Waals surface area contributed by atoms with Crippen LogP contribution in [0.25, 0.3) is 5.95 Å². The Balaban J connectivity index is 2.45. The molecule has 2 aromatic heterocycles. The number of carbonyl (C=O) groups is 1. The van der Waals surface area contributed by atoms with Crippen molar-refractivity contribution in [2.24, 2.45) is 0 Å². The molecule has 8 nitrogen and oxygen atoms in total. The SMILES string of the molecule is COc1cc(OC)nc(-n2cnc(C(=O)O)c2)n1. The quantitative estimate of drug-likeness (QED) is 0.837. The summed E-state index contributed by atoms with van der Waals surface area (Å²) in [7, 11) is 2.92. The van der Waals surface area contributed by atoms with Gasteiger partial charge in [0.1, 0.15) is 6.33 Å². The molecule has 94 valence electrons. The van der Waals surface area contributed by atoms with Gasteiger partial charge in [-0.2, -0.15) is 9.97 Å². The van der Waals surface area contributed by atoms with Crippen LogP contribution in [0.1, 0.15) is 10.5 Å². The maximum absolute atomic E-state index is 10.7. The number of methoxy groups -OCH3 is 2. The number of rotatable bonds is 4. The van der Waals surface area contributed by atoms with Crippen molar-refractivity contribution in [3.05, 3.63) is 24.3 Å². The average Bonchev–Trinajstić information content (AvgIpc) is 2.87. The summed E-state index contributed by atoms with van der Waals surface area (Å²) < 4.78 is 11.4. The van der Waals surface area contributed by atoms with E-state index in [0.717, 1.165) is 0 Å². The number of imidazole rings is 1. The molecule has 2 aromatic rings. The van der Waals surface area contributed by atoms with Gasteiger partial charge >= 0.3 is 5.97 Å². The normalized spacial score (nSPS) is 10.1. The molecule has 0 spiro atoms. The van der Waals surface area contributed by atoms with Gasteiger partial charge in [0.2, 0.25) is 17.7 Å². The Bertz CT molecular complexity index is 559. The molecule has 0 aliphatic carbocycles. The highest BCUT2D eigenvalue weighted by atomic mass is 16.5. The maximum Gasteiger partial charge on any atom is 0.356 e. The summed E-state index contributed by atoms with van der Waals surface area (Å²) in [6, 6.07) is 1.51. The molecule has 0 amide bonds. The number of carboxylic acids is 1. The van der Waals surface area contributed by atoms with Crippen molar-refractivity contribution in [1.29, 1.82) is 0 Å². The topological polar surface area (TPSA) is 99.4 Å². The Labute approximate surface area is 102 Å². The highest BCUT2D eigenvalue weighted by molar-refractivity contribution is 5.85. The minimum atomic E-state index is -1.12. The summed E-state index contributed by atoms with van der Waals surface area (Å²) in [5, 5.41) is 8.78. The van der Waals surface area contributed by atoms with Gasteiger partial charge in [-0.15, -0.1) is 0 Å². The van der Waals surface area contributed by atoms with Crippen molar-refractivity contribution in [3.8, 4) is 17.7 Å². The van der Waals surface area contributed by atoms with Gasteiger partial charge in [0, 0.05) is 6.20 Å². The van der Waals surface area contributed by atoms with Crippen LogP contribution in [0.3, 0.4) is 0 Å². The molecule has 0 radical (unpaired) electrons. The van der Waals surface area contributed by atoms with Gasteiger partial charge in [0.25, 0.3) is 0 Å². The molecule has 18 heavy (non-hydrogen) atoms. The molecule has 0 aromatic carbocycles. The fraction of sp³-hybridized carbons (Fsp3) is 0.200. The molecule has 0 unspecified atom stereocenters. The fourth-order valence-electron chi connectivity index (χ4n) is 1.26. The first kappa shape index (κ1) is 11.8. The zero-order valence-electron chi connectivity index (χ0n) is 9.69. The number of aromatic carboxylic acids is 1. The van der Waals surface area contributed by atoms with E-state index >= 15 is 0 Å². The first-order chi connectivity index (χ1) is 8.63. The Kier molecular flexibility index (Phi) is 3.09. The van der Waals surface area contributed by atoms with Crippen LogP contribution in [0, 0.1) is 0 Å². The van der Waals surface area contributed by atoms with Crippen molar-refractivity contribution in [1.82, 2.24) is 19.5 Å². The molecule has 8 heteroatoms. The van der Waals surface area contributed by atoms with E-state index in [9.17, 15) is 4.79 Å². The second-order valence-electron chi connectivity index (χ2n) is 3.22. The van der Waals surface area contributed by atoms with E-state index in [4.69, 9.17) is 14.6 Å². The van der Waals surface area contributed by atoms with E-state index in [1.54, 1.807) is 0 Å². The monoisotopic (exact) mass is 250 g/mol. The third-order valence-electron chi connectivity index (χ3n) is 2.12. The number of aromatic nitrogens is 4. The third kappa shape index (κ3) is 2.21. The van der Waals surface area contributed by atoms with E-state index < -0.39 is 5.97 Å². The number of nitrogens with zero attached hydrogens (tertiary/aromatic N) is 4. The standard InChI is InChI=1S/C10H10N4O4/c1-17-7-3-8(18-2)13-10(12-7)14-4-6(9(15)16)11-5-14/h3-5H,1-2H3,(H,15,16). The lowest BCUT2D eigenvalue weighted by atomic mass is 10.5. The Hall–Kier alpha value is -2.64. The van der Waals surface area contributed by atoms with E-state index in [-0.39, 0.29) is 11.6 Å². The molecular weight excluding hydrogens is 240 g/mol. The molecule has 0 aliphatic rings. The minimum absolute atomic E-state index is 0.0969. The molecular formula is C10H10N4O4. The molecule has 0 atom stereocenters. The zero-order chi connectivity index (χ0) is 13.1. The first-order valence-corrected chi connectivity index (χ1v) is 4.88.